The number of carbonyl (C=O) groups is 1. The van der Waals surface area contributed by atoms with E-state index in [0.717, 1.165) is 19.3 Å². The summed E-state index contributed by atoms with van der Waals surface area (Å²) in [5.74, 6) is 1.56. The molecule has 4 aliphatic rings. The molecule has 0 saturated heterocycles. The molecule has 3 heteroatoms. The maximum atomic E-state index is 12.7. The number of rotatable bonds is 0. The Morgan fingerprint density at radius 2 is 1.95 bits per heavy atom. The number of hydrogen-bond donors (Lipinski definition) is 1. The monoisotopic (exact) mass is 366 g/mol. The molecule has 2 unspecified atom stereocenters. The third-order valence-corrected chi connectivity index (χ3v) is 8.53. The van der Waals surface area contributed by atoms with E-state index in [1.807, 2.05) is 0 Å². The first-order valence-corrected chi connectivity index (χ1v) is 9.87. The molecule has 3 saturated carbocycles. The van der Waals surface area contributed by atoms with Crippen LogP contribution in [0.5, 0.6) is 0 Å². The molecule has 4 rings (SSSR count). The summed E-state index contributed by atoms with van der Waals surface area (Å²) < 4.78 is 0. The molecular formula is C19H27BrO2. The fraction of sp³-hybridized carbons (Fsp3) is 0.842. The van der Waals surface area contributed by atoms with Crippen molar-refractivity contribution in [2.45, 2.75) is 69.7 Å². The lowest BCUT2D eigenvalue weighted by Gasteiger charge is -2.57. The summed E-state index contributed by atoms with van der Waals surface area (Å²) in [6.45, 7) is 4.60. The summed E-state index contributed by atoms with van der Waals surface area (Å²) in [6.07, 6.45) is 9.87. The Morgan fingerprint density at radius 3 is 2.73 bits per heavy atom. The second-order valence-electron chi connectivity index (χ2n) is 8.62. The highest BCUT2D eigenvalue weighted by atomic mass is 79.9. The van der Waals surface area contributed by atoms with Crippen molar-refractivity contribution in [3.63, 3.8) is 0 Å². The number of halogens is 1. The highest BCUT2D eigenvalue weighted by Gasteiger charge is 2.62. The molecule has 3 fully saturated rings. The minimum absolute atomic E-state index is 0.00186. The van der Waals surface area contributed by atoms with E-state index in [4.69, 9.17) is 0 Å². The molecule has 0 aromatic heterocycles. The van der Waals surface area contributed by atoms with Crippen molar-refractivity contribution in [2.24, 2.45) is 28.6 Å². The minimum Gasteiger partial charge on any atom is -0.389 e. The molecule has 0 spiro atoms. The van der Waals surface area contributed by atoms with Gasteiger partial charge in [-0.15, -0.1) is 0 Å². The largest absolute Gasteiger partial charge is 0.389 e. The molecule has 0 aromatic carbocycles. The quantitative estimate of drug-likeness (QED) is 0.513. The number of carbonyl (C=O) groups excluding carboxylic acids is 1. The zero-order valence-corrected chi connectivity index (χ0v) is 15.2. The summed E-state index contributed by atoms with van der Waals surface area (Å²) >= 11 is 3.60. The van der Waals surface area contributed by atoms with Crippen molar-refractivity contribution < 1.29 is 9.90 Å². The number of aliphatic hydroxyl groups excluding tert-OH is 1. The van der Waals surface area contributed by atoms with Gasteiger partial charge < -0.3 is 5.11 Å². The van der Waals surface area contributed by atoms with E-state index in [1.165, 1.54) is 31.3 Å². The van der Waals surface area contributed by atoms with E-state index < -0.39 is 0 Å². The number of hydrogen-bond acceptors (Lipinski definition) is 2. The number of ketones is 1. The molecule has 0 radical (unpaired) electrons. The molecular weight excluding hydrogens is 340 g/mol. The average Bonchev–Trinajstić information content (AvgIpc) is 2.71. The molecule has 0 amide bonds. The maximum absolute atomic E-state index is 12.7. The first-order valence-electron chi connectivity index (χ1n) is 8.95. The summed E-state index contributed by atoms with van der Waals surface area (Å²) in [5, 5.41) is 10.9. The number of fused-ring (bicyclic) bond motifs is 5. The summed E-state index contributed by atoms with van der Waals surface area (Å²) in [6, 6.07) is 0. The van der Waals surface area contributed by atoms with Crippen molar-refractivity contribution in [3.8, 4) is 0 Å². The van der Waals surface area contributed by atoms with E-state index in [1.54, 1.807) is 0 Å². The third-order valence-electron chi connectivity index (χ3n) is 7.74. The van der Waals surface area contributed by atoms with Gasteiger partial charge in [0.15, 0.2) is 5.78 Å². The molecule has 2 nitrogen and oxygen atoms in total. The van der Waals surface area contributed by atoms with Gasteiger partial charge in [-0.25, -0.2) is 0 Å². The summed E-state index contributed by atoms with van der Waals surface area (Å²) in [7, 11) is 0. The van der Waals surface area contributed by atoms with Gasteiger partial charge >= 0.3 is 0 Å². The predicted molar refractivity (Wildman–Crippen MR) is 90.8 cm³/mol. The Labute approximate surface area is 141 Å². The van der Waals surface area contributed by atoms with Gasteiger partial charge in [-0.2, -0.15) is 0 Å². The summed E-state index contributed by atoms with van der Waals surface area (Å²) in [4.78, 5) is 12.7. The van der Waals surface area contributed by atoms with Gasteiger partial charge in [0.05, 0.1) is 10.9 Å². The van der Waals surface area contributed by atoms with E-state index in [2.05, 4.69) is 35.9 Å². The molecule has 22 heavy (non-hydrogen) atoms. The number of alkyl halides is 1. The fourth-order valence-electron chi connectivity index (χ4n) is 6.44. The topological polar surface area (TPSA) is 37.3 Å². The van der Waals surface area contributed by atoms with Crippen molar-refractivity contribution in [1.29, 1.82) is 0 Å². The van der Waals surface area contributed by atoms with E-state index in [0.29, 0.717) is 17.6 Å². The van der Waals surface area contributed by atoms with E-state index >= 15 is 0 Å². The van der Waals surface area contributed by atoms with Crippen molar-refractivity contribution in [2.75, 3.05) is 0 Å². The van der Waals surface area contributed by atoms with E-state index in [9.17, 15) is 9.90 Å². The van der Waals surface area contributed by atoms with Crippen LogP contribution >= 0.6 is 15.9 Å². The zero-order chi connectivity index (χ0) is 15.7. The normalized spacial score (nSPS) is 54.3. The highest BCUT2D eigenvalue weighted by molar-refractivity contribution is 9.10. The van der Waals surface area contributed by atoms with Gasteiger partial charge in [0.1, 0.15) is 0 Å². The van der Waals surface area contributed by atoms with Crippen LogP contribution in [0.15, 0.2) is 11.6 Å². The van der Waals surface area contributed by atoms with Crippen LogP contribution in [0.4, 0.5) is 0 Å². The van der Waals surface area contributed by atoms with Crippen molar-refractivity contribution in [3.05, 3.63) is 11.6 Å². The van der Waals surface area contributed by atoms with Gasteiger partial charge in [-0.1, -0.05) is 47.8 Å². The van der Waals surface area contributed by atoms with Crippen LogP contribution in [0, 0.1) is 28.6 Å². The molecule has 0 bridgehead atoms. The zero-order valence-electron chi connectivity index (χ0n) is 13.6. The first kappa shape index (κ1) is 15.4. The molecule has 0 heterocycles. The fourth-order valence-corrected chi connectivity index (χ4v) is 7.36. The summed E-state index contributed by atoms with van der Waals surface area (Å²) in [5.41, 5.74) is 1.57. The molecule has 122 valence electrons. The second-order valence-corrected chi connectivity index (χ2v) is 9.73. The van der Waals surface area contributed by atoms with Gasteiger partial charge in [0.25, 0.3) is 0 Å². The lowest BCUT2D eigenvalue weighted by atomic mass is 9.47. The standard InChI is InChI=1S/C19H27BrO2/c1-18-7-4-3-5-11(18)9-15(21)16-12(18)6-8-19(2)13(16)10-14(20)17(19)22/h9,12-16,21H,3-8,10H2,1-2H3/t12-,13+,14?,15?,16-,18+,19+/m1/s1. The molecule has 1 N–H and O–H groups in total. The van der Waals surface area contributed by atoms with Crippen LogP contribution in [-0.2, 0) is 4.79 Å². The molecule has 7 atom stereocenters. The highest BCUT2D eigenvalue weighted by Crippen LogP contribution is 2.64. The van der Waals surface area contributed by atoms with Crippen molar-refractivity contribution in [1.82, 2.24) is 0 Å². The lowest BCUT2D eigenvalue weighted by Crippen LogP contribution is -2.54. The van der Waals surface area contributed by atoms with Gasteiger partial charge in [-0.05, 0) is 61.7 Å². The van der Waals surface area contributed by atoms with Gasteiger partial charge in [-0.3, -0.25) is 4.79 Å². The second kappa shape index (κ2) is 4.92. The Hall–Kier alpha value is -0.150. The Morgan fingerprint density at radius 1 is 1.18 bits per heavy atom. The molecule has 0 aromatic rings. The maximum Gasteiger partial charge on any atom is 0.152 e. The van der Waals surface area contributed by atoms with Gasteiger partial charge in [0.2, 0.25) is 0 Å². The van der Waals surface area contributed by atoms with Crippen LogP contribution in [-0.4, -0.2) is 21.8 Å². The minimum atomic E-state index is -0.346. The molecule has 4 aliphatic carbocycles. The van der Waals surface area contributed by atoms with Crippen LogP contribution in [0.2, 0.25) is 0 Å². The Balaban J connectivity index is 1.76. The SMILES string of the molecule is C[C@]12CCCCC1=CC(O)[C@@H]1[C@H]2CC[C@]2(C)C(=O)C(Br)C[C@@H]12. The Kier molecular flexibility index (Phi) is 3.44. The lowest BCUT2D eigenvalue weighted by molar-refractivity contribution is -0.135. The van der Waals surface area contributed by atoms with Crippen LogP contribution < -0.4 is 0 Å². The Bertz CT molecular complexity index is 542. The third kappa shape index (κ3) is 1.84. The van der Waals surface area contributed by atoms with Crippen LogP contribution in [0.25, 0.3) is 0 Å². The molecule has 0 aliphatic heterocycles. The predicted octanol–water partition coefficient (Wildman–Crippen LogP) is 4.25. The number of Topliss-reactive ketones (excluding diaryl/α,β-unsaturated/α-hetero) is 1. The van der Waals surface area contributed by atoms with Crippen molar-refractivity contribution >= 4 is 21.7 Å². The first-order chi connectivity index (χ1) is 10.4. The van der Waals surface area contributed by atoms with Crippen LogP contribution in [0.1, 0.15) is 58.8 Å². The van der Waals surface area contributed by atoms with Gasteiger partial charge in [0, 0.05) is 5.41 Å². The number of allylic oxidation sites excluding steroid dienone is 1. The average molecular weight is 367 g/mol. The number of aliphatic hydroxyl groups is 1. The van der Waals surface area contributed by atoms with E-state index in [-0.39, 0.29) is 27.7 Å². The smallest absolute Gasteiger partial charge is 0.152 e. The van der Waals surface area contributed by atoms with Crippen LogP contribution in [0.3, 0.4) is 0 Å².